The monoisotopic (exact) mass is 248 g/mol. The van der Waals surface area contributed by atoms with Crippen molar-refractivity contribution in [3.8, 4) is 0 Å². The van der Waals surface area contributed by atoms with Crippen molar-refractivity contribution >= 4 is 11.7 Å². The number of carbonyl (C=O) groups is 1. The number of aryl methyl sites for hydroxylation is 1. The van der Waals surface area contributed by atoms with E-state index in [0.29, 0.717) is 5.56 Å². The molecule has 4 heteroatoms. The van der Waals surface area contributed by atoms with E-state index in [-0.39, 0.29) is 0 Å². The second-order valence-electron chi connectivity index (χ2n) is 4.79. The molecule has 1 aromatic rings. The first-order valence-electron chi connectivity index (χ1n) is 6.49. The fourth-order valence-electron chi connectivity index (χ4n) is 2.53. The minimum Gasteiger partial charge on any atom is -0.480 e. The molecule has 1 aromatic carbocycles. The van der Waals surface area contributed by atoms with Gasteiger partial charge in [-0.1, -0.05) is 19.1 Å². The van der Waals surface area contributed by atoms with Crippen molar-refractivity contribution in [2.45, 2.75) is 32.2 Å². The van der Waals surface area contributed by atoms with E-state index in [4.69, 9.17) is 10.8 Å². The Labute approximate surface area is 107 Å². The van der Waals surface area contributed by atoms with Gasteiger partial charge in [0, 0.05) is 18.8 Å². The Kier molecular flexibility index (Phi) is 3.87. The number of anilines is 1. The molecule has 2 rings (SSSR count). The number of aliphatic carboxylic acids is 1. The van der Waals surface area contributed by atoms with Crippen LogP contribution in [0.1, 0.15) is 36.9 Å². The molecule has 0 saturated carbocycles. The van der Waals surface area contributed by atoms with E-state index >= 15 is 0 Å². The standard InChI is InChI=1S/C14H20N2O2/c1-2-7-16-8-3-4-10-9-11(5-6-12(10)16)13(15)14(17)18/h5-6,9,13H,2-4,7-8,15H2,1H3,(H,17,18)/t13-/m0/s1. The summed E-state index contributed by atoms with van der Waals surface area (Å²) in [7, 11) is 0. The lowest BCUT2D eigenvalue weighted by Crippen LogP contribution is -2.30. The number of fused-ring (bicyclic) bond motifs is 1. The fourth-order valence-corrected chi connectivity index (χ4v) is 2.53. The van der Waals surface area contributed by atoms with E-state index in [1.54, 1.807) is 0 Å². The predicted molar refractivity (Wildman–Crippen MR) is 71.8 cm³/mol. The van der Waals surface area contributed by atoms with Crippen molar-refractivity contribution in [3.63, 3.8) is 0 Å². The zero-order chi connectivity index (χ0) is 13.1. The summed E-state index contributed by atoms with van der Waals surface area (Å²) in [5, 5.41) is 8.94. The molecule has 0 saturated heterocycles. The van der Waals surface area contributed by atoms with E-state index < -0.39 is 12.0 Å². The van der Waals surface area contributed by atoms with E-state index in [9.17, 15) is 4.79 Å². The number of carboxylic acids is 1. The molecule has 0 aliphatic carbocycles. The van der Waals surface area contributed by atoms with Gasteiger partial charge in [-0.2, -0.15) is 0 Å². The van der Waals surface area contributed by atoms with Crippen LogP contribution >= 0.6 is 0 Å². The molecule has 1 heterocycles. The molecular formula is C14H20N2O2. The highest BCUT2D eigenvalue weighted by atomic mass is 16.4. The van der Waals surface area contributed by atoms with Gasteiger partial charge in [-0.3, -0.25) is 4.79 Å². The molecule has 0 unspecified atom stereocenters. The Balaban J connectivity index is 2.29. The van der Waals surface area contributed by atoms with E-state index in [0.717, 1.165) is 32.4 Å². The fraction of sp³-hybridized carbons (Fsp3) is 0.500. The SMILES string of the molecule is CCCN1CCCc2cc([C@H](N)C(=O)O)ccc21. The van der Waals surface area contributed by atoms with Gasteiger partial charge in [0.25, 0.3) is 0 Å². The number of nitrogens with two attached hydrogens (primary N) is 1. The van der Waals surface area contributed by atoms with Crippen molar-refractivity contribution in [1.29, 1.82) is 0 Å². The zero-order valence-electron chi connectivity index (χ0n) is 10.7. The highest BCUT2D eigenvalue weighted by Gasteiger charge is 2.20. The molecule has 1 aliphatic heterocycles. The molecule has 0 aromatic heterocycles. The number of rotatable bonds is 4. The molecule has 0 amide bonds. The lowest BCUT2D eigenvalue weighted by molar-refractivity contribution is -0.138. The lowest BCUT2D eigenvalue weighted by atomic mass is 9.96. The smallest absolute Gasteiger partial charge is 0.325 e. The van der Waals surface area contributed by atoms with Gasteiger partial charge in [-0.05, 0) is 36.5 Å². The highest BCUT2D eigenvalue weighted by Crippen LogP contribution is 2.29. The molecule has 3 N–H and O–H groups in total. The first-order chi connectivity index (χ1) is 8.63. The third-order valence-corrected chi connectivity index (χ3v) is 3.44. The molecule has 1 atom stereocenters. The van der Waals surface area contributed by atoms with Crippen LogP contribution in [0.2, 0.25) is 0 Å². The summed E-state index contributed by atoms with van der Waals surface area (Å²) < 4.78 is 0. The Morgan fingerprint density at radius 1 is 1.56 bits per heavy atom. The minimum absolute atomic E-state index is 0.694. The molecule has 18 heavy (non-hydrogen) atoms. The molecule has 0 radical (unpaired) electrons. The van der Waals surface area contributed by atoms with Crippen LogP contribution < -0.4 is 10.6 Å². The molecule has 98 valence electrons. The maximum Gasteiger partial charge on any atom is 0.325 e. The quantitative estimate of drug-likeness (QED) is 0.854. The predicted octanol–water partition coefficient (Wildman–Crippen LogP) is 1.93. The first-order valence-corrected chi connectivity index (χ1v) is 6.49. The highest BCUT2D eigenvalue weighted by molar-refractivity contribution is 5.75. The average Bonchev–Trinajstić information content (AvgIpc) is 2.38. The van der Waals surface area contributed by atoms with E-state index in [1.165, 1.54) is 11.3 Å². The van der Waals surface area contributed by atoms with Crippen LogP contribution in [0.3, 0.4) is 0 Å². The van der Waals surface area contributed by atoms with Crippen molar-refractivity contribution in [1.82, 2.24) is 0 Å². The van der Waals surface area contributed by atoms with Crippen molar-refractivity contribution < 1.29 is 9.90 Å². The number of carboxylic acid groups (broad SMARTS) is 1. The number of hydrogen-bond acceptors (Lipinski definition) is 3. The normalized spacial score (nSPS) is 16.2. The average molecular weight is 248 g/mol. The summed E-state index contributed by atoms with van der Waals surface area (Å²) in [5.74, 6) is -0.976. The molecular weight excluding hydrogens is 228 g/mol. The maximum absolute atomic E-state index is 10.9. The summed E-state index contributed by atoms with van der Waals surface area (Å²) in [6.07, 6.45) is 3.25. The zero-order valence-corrected chi connectivity index (χ0v) is 10.7. The second-order valence-corrected chi connectivity index (χ2v) is 4.79. The van der Waals surface area contributed by atoms with Gasteiger partial charge in [-0.15, -0.1) is 0 Å². The van der Waals surface area contributed by atoms with Crippen LogP contribution in [0.4, 0.5) is 5.69 Å². The lowest BCUT2D eigenvalue weighted by Gasteiger charge is -2.31. The van der Waals surface area contributed by atoms with Gasteiger partial charge in [0.15, 0.2) is 0 Å². The minimum atomic E-state index is -0.976. The number of hydrogen-bond donors (Lipinski definition) is 2. The van der Waals surface area contributed by atoms with Crippen molar-refractivity contribution in [2.24, 2.45) is 5.73 Å². The summed E-state index contributed by atoms with van der Waals surface area (Å²) in [5.41, 5.74) is 8.81. The van der Waals surface area contributed by atoms with Crippen LogP contribution in [0.25, 0.3) is 0 Å². The molecule has 4 nitrogen and oxygen atoms in total. The van der Waals surface area contributed by atoms with Crippen molar-refractivity contribution in [2.75, 3.05) is 18.0 Å². The Bertz CT molecular complexity index is 445. The molecule has 1 aliphatic rings. The molecule has 0 fully saturated rings. The summed E-state index contributed by atoms with van der Waals surface area (Å²) in [6, 6.07) is 4.89. The van der Waals surface area contributed by atoms with Crippen LogP contribution in [0, 0.1) is 0 Å². The van der Waals surface area contributed by atoms with Crippen LogP contribution in [-0.4, -0.2) is 24.2 Å². The van der Waals surface area contributed by atoms with Crippen LogP contribution in [0.5, 0.6) is 0 Å². The third kappa shape index (κ3) is 2.48. The van der Waals surface area contributed by atoms with E-state index in [1.807, 2.05) is 18.2 Å². The van der Waals surface area contributed by atoms with Gasteiger partial charge >= 0.3 is 5.97 Å². The first kappa shape index (κ1) is 12.9. The van der Waals surface area contributed by atoms with Crippen LogP contribution in [0.15, 0.2) is 18.2 Å². The Hall–Kier alpha value is -1.55. The van der Waals surface area contributed by atoms with Gasteiger partial charge in [-0.25, -0.2) is 0 Å². The van der Waals surface area contributed by atoms with Gasteiger partial charge in [0.05, 0.1) is 0 Å². The van der Waals surface area contributed by atoms with Gasteiger partial charge in [0.2, 0.25) is 0 Å². The van der Waals surface area contributed by atoms with Gasteiger partial charge in [0.1, 0.15) is 6.04 Å². The topological polar surface area (TPSA) is 66.6 Å². The Morgan fingerprint density at radius 2 is 2.33 bits per heavy atom. The van der Waals surface area contributed by atoms with Gasteiger partial charge < -0.3 is 15.7 Å². The molecule has 0 spiro atoms. The summed E-state index contributed by atoms with van der Waals surface area (Å²) in [6.45, 7) is 4.31. The Morgan fingerprint density at radius 3 is 3.00 bits per heavy atom. The largest absolute Gasteiger partial charge is 0.480 e. The molecule has 0 bridgehead atoms. The second kappa shape index (κ2) is 5.40. The summed E-state index contributed by atoms with van der Waals surface area (Å²) in [4.78, 5) is 13.3. The maximum atomic E-state index is 10.9. The van der Waals surface area contributed by atoms with Crippen LogP contribution in [-0.2, 0) is 11.2 Å². The van der Waals surface area contributed by atoms with E-state index in [2.05, 4.69) is 11.8 Å². The summed E-state index contributed by atoms with van der Waals surface area (Å²) >= 11 is 0. The number of nitrogens with zero attached hydrogens (tertiary/aromatic N) is 1. The third-order valence-electron chi connectivity index (χ3n) is 3.44. The van der Waals surface area contributed by atoms with Crippen molar-refractivity contribution in [3.05, 3.63) is 29.3 Å². The number of benzene rings is 1.